The first-order chi connectivity index (χ1) is 7.75. The molecule has 0 saturated heterocycles. The fraction of sp³-hybridized carbons (Fsp3) is 0. The van der Waals surface area contributed by atoms with Crippen molar-refractivity contribution >= 4 is 17.4 Å². The average Bonchev–Trinajstić information content (AvgIpc) is 2.31. The van der Waals surface area contributed by atoms with Crippen LogP contribution in [0.2, 0.25) is 0 Å². The monoisotopic (exact) mass is 233 g/mol. The average molecular weight is 233 g/mol. The van der Waals surface area contributed by atoms with Gasteiger partial charge in [-0.1, -0.05) is 11.8 Å². The molecule has 0 spiro atoms. The van der Waals surface area contributed by atoms with Crippen LogP contribution in [-0.4, -0.2) is 14.9 Å². The number of nitrogens with zero attached hydrogens (tertiary/aromatic N) is 3. The van der Waals surface area contributed by atoms with E-state index in [1.807, 2.05) is 0 Å². The van der Waals surface area contributed by atoms with E-state index in [0.717, 1.165) is 9.79 Å². The molecule has 5 nitrogen and oxygen atoms in total. The van der Waals surface area contributed by atoms with Crippen LogP contribution < -0.4 is 0 Å². The molecule has 2 aromatic rings. The maximum atomic E-state index is 10.4. The Morgan fingerprint density at radius 2 is 1.69 bits per heavy atom. The van der Waals surface area contributed by atoms with Crippen LogP contribution in [0.3, 0.4) is 0 Å². The molecular weight excluding hydrogens is 226 g/mol. The SMILES string of the molecule is O=[N+]([O-])c1ccc(Sc2cncnc2)cc1. The molecule has 16 heavy (non-hydrogen) atoms. The molecule has 1 heterocycles. The van der Waals surface area contributed by atoms with Crippen molar-refractivity contribution in [1.82, 2.24) is 9.97 Å². The molecule has 6 heteroatoms. The summed E-state index contributed by atoms with van der Waals surface area (Å²) in [5.41, 5.74) is 0.0914. The van der Waals surface area contributed by atoms with Crippen LogP contribution in [0.1, 0.15) is 0 Å². The van der Waals surface area contributed by atoms with Gasteiger partial charge in [0, 0.05) is 34.3 Å². The molecule has 0 saturated carbocycles. The lowest BCUT2D eigenvalue weighted by Crippen LogP contribution is -1.86. The van der Waals surface area contributed by atoms with E-state index in [0.29, 0.717) is 0 Å². The van der Waals surface area contributed by atoms with E-state index in [4.69, 9.17) is 0 Å². The van der Waals surface area contributed by atoms with E-state index in [-0.39, 0.29) is 5.69 Å². The topological polar surface area (TPSA) is 68.9 Å². The predicted octanol–water partition coefficient (Wildman–Crippen LogP) is 2.54. The smallest absolute Gasteiger partial charge is 0.258 e. The Morgan fingerprint density at radius 3 is 2.25 bits per heavy atom. The summed E-state index contributed by atoms with van der Waals surface area (Å²) in [6.45, 7) is 0. The van der Waals surface area contributed by atoms with Gasteiger partial charge in [-0.3, -0.25) is 10.1 Å². The van der Waals surface area contributed by atoms with Gasteiger partial charge >= 0.3 is 0 Å². The largest absolute Gasteiger partial charge is 0.269 e. The number of rotatable bonds is 3. The minimum Gasteiger partial charge on any atom is -0.258 e. The summed E-state index contributed by atoms with van der Waals surface area (Å²) < 4.78 is 0. The summed E-state index contributed by atoms with van der Waals surface area (Å²) in [6, 6.07) is 6.36. The number of aromatic nitrogens is 2. The van der Waals surface area contributed by atoms with E-state index in [1.54, 1.807) is 24.5 Å². The van der Waals surface area contributed by atoms with Crippen molar-refractivity contribution in [2.24, 2.45) is 0 Å². The van der Waals surface area contributed by atoms with Gasteiger partial charge in [-0.2, -0.15) is 0 Å². The van der Waals surface area contributed by atoms with Crippen LogP contribution in [0.4, 0.5) is 5.69 Å². The summed E-state index contributed by atoms with van der Waals surface area (Å²) in [6.07, 6.45) is 4.85. The van der Waals surface area contributed by atoms with Gasteiger partial charge < -0.3 is 0 Å². The number of nitro groups is 1. The first-order valence-electron chi connectivity index (χ1n) is 4.43. The molecule has 0 aliphatic heterocycles. The van der Waals surface area contributed by atoms with Crippen LogP contribution in [-0.2, 0) is 0 Å². The standard InChI is InChI=1S/C10H7N3O2S/c14-13(15)8-1-3-9(4-2-8)16-10-5-11-7-12-6-10/h1-7H. The van der Waals surface area contributed by atoms with Gasteiger partial charge in [-0.05, 0) is 12.1 Å². The van der Waals surface area contributed by atoms with Crippen LogP contribution in [0.5, 0.6) is 0 Å². The second-order valence-electron chi connectivity index (χ2n) is 2.93. The number of nitro benzene ring substituents is 1. The van der Waals surface area contributed by atoms with E-state index in [9.17, 15) is 10.1 Å². The van der Waals surface area contributed by atoms with E-state index >= 15 is 0 Å². The van der Waals surface area contributed by atoms with Gasteiger partial charge in [0.25, 0.3) is 5.69 Å². The second kappa shape index (κ2) is 4.71. The van der Waals surface area contributed by atoms with Crippen molar-refractivity contribution in [3.63, 3.8) is 0 Å². The van der Waals surface area contributed by atoms with Crippen molar-refractivity contribution in [1.29, 1.82) is 0 Å². The third-order valence-corrected chi connectivity index (χ3v) is 2.77. The van der Waals surface area contributed by atoms with Crippen molar-refractivity contribution < 1.29 is 4.92 Å². The minimum atomic E-state index is -0.417. The van der Waals surface area contributed by atoms with Gasteiger partial charge in [0.05, 0.1) is 4.92 Å². The number of hydrogen-bond acceptors (Lipinski definition) is 5. The highest BCUT2D eigenvalue weighted by molar-refractivity contribution is 7.99. The summed E-state index contributed by atoms with van der Waals surface area (Å²) in [5.74, 6) is 0. The molecule has 0 bridgehead atoms. The van der Waals surface area contributed by atoms with Crippen molar-refractivity contribution in [3.05, 3.63) is 53.1 Å². The molecule has 0 fully saturated rings. The normalized spacial score (nSPS) is 10.0. The fourth-order valence-corrected chi connectivity index (χ4v) is 1.88. The quantitative estimate of drug-likeness (QED) is 0.601. The zero-order chi connectivity index (χ0) is 11.4. The summed E-state index contributed by atoms with van der Waals surface area (Å²) >= 11 is 1.46. The fourth-order valence-electron chi connectivity index (χ4n) is 1.11. The van der Waals surface area contributed by atoms with E-state index in [2.05, 4.69) is 9.97 Å². The maximum Gasteiger partial charge on any atom is 0.269 e. The Kier molecular flexibility index (Phi) is 3.11. The van der Waals surface area contributed by atoms with Gasteiger partial charge in [0.2, 0.25) is 0 Å². The third kappa shape index (κ3) is 2.54. The summed E-state index contributed by atoms with van der Waals surface area (Å²) in [4.78, 5) is 19.6. The highest BCUT2D eigenvalue weighted by atomic mass is 32.2. The minimum absolute atomic E-state index is 0.0914. The maximum absolute atomic E-state index is 10.4. The Morgan fingerprint density at radius 1 is 1.06 bits per heavy atom. The van der Waals surface area contributed by atoms with Gasteiger partial charge in [0.1, 0.15) is 6.33 Å². The highest BCUT2D eigenvalue weighted by Gasteiger charge is 2.04. The van der Waals surface area contributed by atoms with Gasteiger partial charge in [-0.25, -0.2) is 9.97 Å². The van der Waals surface area contributed by atoms with Crippen molar-refractivity contribution in [2.45, 2.75) is 9.79 Å². The molecule has 80 valence electrons. The van der Waals surface area contributed by atoms with Crippen LogP contribution in [0.15, 0.2) is 52.8 Å². The lowest BCUT2D eigenvalue weighted by molar-refractivity contribution is -0.384. The molecule has 0 aliphatic carbocycles. The lowest BCUT2D eigenvalue weighted by atomic mass is 10.3. The first-order valence-corrected chi connectivity index (χ1v) is 5.25. The Balaban J connectivity index is 2.14. The molecule has 1 aromatic carbocycles. The highest BCUT2D eigenvalue weighted by Crippen LogP contribution is 2.27. The molecule has 0 aliphatic rings. The number of benzene rings is 1. The Hall–Kier alpha value is -1.95. The van der Waals surface area contributed by atoms with Gasteiger partial charge in [0.15, 0.2) is 0 Å². The van der Waals surface area contributed by atoms with Crippen molar-refractivity contribution in [2.75, 3.05) is 0 Å². The predicted molar refractivity (Wildman–Crippen MR) is 59.3 cm³/mol. The summed E-state index contributed by atoms with van der Waals surface area (Å²) in [7, 11) is 0. The van der Waals surface area contributed by atoms with Crippen LogP contribution in [0, 0.1) is 10.1 Å². The molecule has 2 rings (SSSR count). The lowest BCUT2D eigenvalue weighted by Gasteiger charge is -1.99. The Bertz CT molecular complexity index is 487. The van der Waals surface area contributed by atoms with Gasteiger partial charge in [-0.15, -0.1) is 0 Å². The molecule has 0 atom stereocenters. The number of hydrogen-bond donors (Lipinski definition) is 0. The Labute approximate surface area is 95.7 Å². The zero-order valence-corrected chi connectivity index (χ0v) is 8.92. The van der Waals surface area contributed by atoms with E-state index < -0.39 is 4.92 Å². The third-order valence-electron chi connectivity index (χ3n) is 1.82. The molecule has 0 amide bonds. The van der Waals surface area contributed by atoms with E-state index in [1.165, 1.54) is 30.2 Å². The number of non-ortho nitro benzene ring substituents is 1. The summed E-state index contributed by atoms with van der Waals surface area (Å²) in [5, 5.41) is 10.4. The molecular formula is C10H7N3O2S. The zero-order valence-electron chi connectivity index (χ0n) is 8.11. The first kappa shape index (κ1) is 10.6. The molecule has 0 N–H and O–H groups in total. The molecule has 1 aromatic heterocycles. The van der Waals surface area contributed by atoms with Crippen LogP contribution >= 0.6 is 11.8 Å². The van der Waals surface area contributed by atoms with Crippen LogP contribution in [0.25, 0.3) is 0 Å². The van der Waals surface area contributed by atoms with Crippen molar-refractivity contribution in [3.8, 4) is 0 Å². The molecule has 0 unspecified atom stereocenters. The second-order valence-corrected chi connectivity index (χ2v) is 4.07. The molecule has 0 radical (unpaired) electrons.